The van der Waals surface area contributed by atoms with Crippen LogP contribution in [0.1, 0.15) is 29.7 Å². The van der Waals surface area contributed by atoms with Crippen LogP contribution in [-0.4, -0.2) is 10.9 Å². The van der Waals surface area contributed by atoms with Crippen LogP contribution in [0.3, 0.4) is 0 Å². The third-order valence-electron chi connectivity index (χ3n) is 3.01. The Hall–Kier alpha value is -2.67. The molecule has 1 N–H and O–H groups in total. The van der Waals surface area contributed by atoms with Crippen molar-refractivity contribution < 1.29 is 4.79 Å². The van der Waals surface area contributed by atoms with E-state index in [1.165, 1.54) is 0 Å². The Bertz CT molecular complexity index is 614. The van der Waals surface area contributed by atoms with Gasteiger partial charge in [0.1, 0.15) is 0 Å². The number of hydrogen-bond donors (Lipinski definition) is 1. The Morgan fingerprint density at radius 3 is 2.70 bits per heavy atom. The van der Waals surface area contributed by atoms with Gasteiger partial charge in [-0.05, 0) is 36.2 Å². The van der Waals surface area contributed by atoms with Crippen molar-refractivity contribution in [2.75, 3.05) is 0 Å². The fourth-order valence-corrected chi connectivity index (χ4v) is 1.89. The zero-order chi connectivity index (χ0) is 14.4. The molecule has 0 aliphatic rings. The highest BCUT2D eigenvalue weighted by atomic mass is 16.1. The molecule has 4 nitrogen and oxygen atoms in total. The summed E-state index contributed by atoms with van der Waals surface area (Å²) in [6, 6.07) is 12.8. The zero-order valence-corrected chi connectivity index (χ0v) is 11.2. The lowest BCUT2D eigenvalue weighted by Crippen LogP contribution is -2.28. The lowest BCUT2D eigenvalue weighted by atomic mass is 10.1. The molecule has 0 aliphatic heterocycles. The topological polar surface area (TPSA) is 65.8 Å². The van der Waals surface area contributed by atoms with Crippen molar-refractivity contribution in [3.05, 3.63) is 65.5 Å². The summed E-state index contributed by atoms with van der Waals surface area (Å²) >= 11 is 0. The molecule has 1 atom stereocenters. The van der Waals surface area contributed by atoms with Gasteiger partial charge in [-0.3, -0.25) is 9.78 Å². The number of nitrogens with zero attached hydrogens (tertiary/aromatic N) is 2. The van der Waals surface area contributed by atoms with Gasteiger partial charge in [-0.25, -0.2) is 0 Å². The van der Waals surface area contributed by atoms with E-state index in [2.05, 4.69) is 16.4 Å². The molecule has 20 heavy (non-hydrogen) atoms. The number of benzene rings is 1. The third kappa shape index (κ3) is 3.66. The van der Waals surface area contributed by atoms with Crippen LogP contribution in [0, 0.1) is 11.3 Å². The molecule has 4 heteroatoms. The Balaban J connectivity index is 1.93. The number of amides is 1. The minimum Gasteiger partial charge on any atom is -0.349 e. The molecule has 0 fully saturated rings. The van der Waals surface area contributed by atoms with Crippen LogP contribution in [0.25, 0.3) is 0 Å². The summed E-state index contributed by atoms with van der Waals surface area (Å²) in [4.78, 5) is 16.0. The number of pyridine rings is 1. The van der Waals surface area contributed by atoms with Gasteiger partial charge >= 0.3 is 0 Å². The first-order valence-corrected chi connectivity index (χ1v) is 6.37. The van der Waals surface area contributed by atoms with Crippen LogP contribution in [0.15, 0.2) is 48.8 Å². The first-order chi connectivity index (χ1) is 9.69. The fourth-order valence-electron chi connectivity index (χ4n) is 1.89. The van der Waals surface area contributed by atoms with Crippen molar-refractivity contribution >= 4 is 5.91 Å². The molecule has 1 aromatic heterocycles. The average molecular weight is 265 g/mol. The SMILES string of the molecule is CC(NC(=O)Cc1ccc(C#N)cc1)c1cccnc1. The van der Waals surface area contributed by atoms with Crippen LogP contribution in [0.5, 0.6) is 0 Å². The van der Waals surface area contributed by atoms with Crippen molar-refractivity contribution in [3.63, 3.8) is 0 Å². The predicted molar refractivity (Wildman–Crippen MR) is 75.7 cm³/mol. The Labute approximate surface area is 118 Å². The first-order valence-electron chi connectivity index (χ1n) is 6.37. The summed E-state index contributed by atoms with van der Waals surface area (Å²) in [7, 11) is 0. The summed E-state index contributed by atoms with van der Waals surface area (Å²) in [5, 5.41) is 11.6. The maximum absolute atomic E-state index is 12.0. The summed E-state index contributed by atoms with van der Waals surface area (Å²) < 4.78 is 0. The first kappa shape index (κ1) is 13.8. The number of hydrogen-bond acceptors (Lipinski definition) is 3. The zero-order valence-electron chi connectivity index (χ0n) is 11.2. The molecule has 0 spiro atoms. The van der Waals surface area contributed by atoms with E-state index in [1.807, 2.05) is 19.1 Å². The maximum atomic E-state index is 12.0. The fraction of sp³-hybridized carbons (Fsp3) is 0.188. The molecule has 1 amide bonds. The largest absolute Gasteiger partial charge is 0.349 e. The quantitative estimate of drug-likeness (QED) is 0.923. The number of carbonyl (C=O) groups is 1. The standard InChI is InChI=1S/C16H15N3O/c1-12(15-3-2-8-18-11-15)19-16(20)9-13-4-6-14(10-17)7-5-13/h2-8,11-12H,9H2,1H3,(H,19,20). The number of aromatic nitrogens is 1. The van der Waals surface area contributed by atoms with Gasteiger partial charge in [0, 0.05) is 12.4 Å². The molecule has 0 saturated carbocycles. The second-order valence-electron chi connectivity index (χ2n) is 4.56. The smallest absolute Gasteiger partial charge is 0.224 e. The van der Waals surface area contributed by atoms with E-state index in [1.54, 1.807) is 36.7 Å². The second-order valence-corrected chi connectivity index (χ2v) is 4.56. The molecular formula is C16H15N3O. The normalized spacial score (nSPS) is 11.4. The molecule has 0 saturated heterocycles. The third-order valence-corrected chi connectivity index (χ3v) is 3.01. The summed E-state index contributed by atoms with van der Waals surface area (Å²) in [6.07, 6.45) is 3.75. The molecule has 0 bridgehead atoms. The van der Waals surface area contributed by atoms with E-state index < -0.39 is 0 Å². The van der Waals surface area contributed by atoms with E-state index in [-0.39, 0.29) is 11.9 Å². The molecule has 0 radical (unpaired) electrons. The van der Waals surface area contributed by atoms with Gasteiger partial charge in [-0.15, -0.1) is 0 Å². The highest BCUT2D eigenvalue weighted by Crippen LogP contribution is 2.10. The van der Waals surface area contributed by atoms with Gasteiger partial charge in [0.25, 0.3) is 0 Å². The lowest BCUT2D eigenvalue weighted by Gasteiger charge is -2.13. The van der Waals surface area contributed by atoms with E-state index in [0.717, 1.165) is 11.1 Å². The minimum atomic E-state index is -0.0745. The van der Waals surface area contributed by atoms with Crippen molar-refractivity contribution in [3.8, 4) is 6.07 Å². The molecule has 100 valence electrons. The Morgan fingerprint density at radius 1 is 1.35 bits per heavy atom. The molecule has 1 heterocycles. The van der Waals surface area contributed by atoms with Crippen LogP contribution in [0.4, 0.5) is 0 Å². The molecular weight excluding hydrogens is 250 g/mol. The van der Waals surface area contributed by atoms with Gasteiger partial charge in [-0.1, -0.05) is 18.2 Å². The molecule has 2 aromatic rings. The van der Waals surface area contributed by atoms with Crippen LogP contribution in [-0.2, 0) is 11.2 Å². The molecule has 2 rings (SSSR count). The van der Waals surface area contributed by atoms with Crippen LogP contribution in [0.2, 0.25) is 0 Å². The molecule has 1 unspecified atom stereocenters. The van der Waals surface area contributed by atoms with Crippen molar-refractivity contribution in [2.24, 2.45) is 0 Å². The van der Waals surface area contributed by atoms with Gasteiger partial charge < -0.3 is 5.32 Å². The van der Waals surface area contributed by atoms with Gasteiger partial charge in [-0.2, -0.15) is 5.26 Å². The molecule has 0 aliphatic carbocycles. The maximum Gasteiger partial charge on any atom is 0.224 e. The van der Waals surface area contributed by atoms with Crippen LogP contribution >= 0.6 is 0 Å². The Kier molecular flexibility index (Phi) is 4.46. The average Bonchev–Trinajstić information content (AvgIpc) is 2.49. The minimum absolute atomic E-state index is 0.0499. The number of carbonyl (C=O) groups excluding carboxylic acids is 1. The van der Waals surface area contributed by atoms with Crippen molar-refractivity contribution in [2.45, 2.75) is 19.4 Å². The van der Waals surface area contributed by atoms with E-state index in [4.69, 9.17) is 5.26 Å². The van der Waals surface area contributed by atoms with Gasteiger partial charge in [0.15, 0.2) is 0 Å². The predicted octanol–water partition coefficient (Wildman–Crippen LogP) is 2.37. The highest BCUT2D eigenvalue weighted by molar-refractivity contribution is 5.79. The Morgan fingerprint density at radius 2 is 2.10 bits per heavy atom. The van der Waals surface area contributed by atoms with Gasteiger partial charge in [0.2, 0.25) is 5.91 Å². The van der Waals surface area contributed by atoms with Crippen molar-refractivity contribution in [1.82, 2.24) is 10.3 Å². The number of rotatable bonds is 4. The lowest BCUT2D eigenvalue weighted by molar-refractivity contribution is -0.121. The summed E-state index contributed by atoms with van der Waals surface area (Å²) in [6.45, 7) is 1.92. The van der Waals surface area contributed by atoms with Crippen molar-refractivity contribution in [1.29, 1.82) is 5.26 Å². The second kappa shape index (κ2) is 6.48. The summed E-state index contributed by atoms with van der Waals surface area (Å²) in [5.74, 6) is -0.0499. The highest BCUT2D eigenvalue weighted by Gasteiger charge is 2.10. The van der Waals surface area contributed by atoms with Crippen LogP contribution < -0.4 is 5.32 Å². The van der Waals surface area contributed by atoms with Gasteiger partial charge in [0.05, 0.1) is 24.1 Å². The monoisotopic (exact) mass is 265 g/mol. The number of nitriles is 1. The molecule has 1 aromatic carbocycles. The van der Waals surface area contributed by atoms with E-state index in [0.29, 0.717) is 12.0 Å². The number of nitrogens with one attached hydrogen (secondary N) is 1. The van der Waals surface area contributed by atoms with E-state index in [9.17, 15) is 4.79 Å². The van der Waals surface area contributed by atoms with E-state index >= 15 is 0 Å². The summed E-state index contributed by atoms with van der Waals surface area (Å²) in [5.41, 5.74) is 2.46.